The van der Waals surface area contributed by atoms with Crippen molar-refractivity contribution >= 4 is 36.4 Å². The maximum absolute atomic E-state index is 12.5. The highest BCUT2D eigenvalue weighted by molar-refractivity contribution is 7.81. The van der Waals surface area contributed by atoms with Gasteiger partial charge in [0.2, 0.25) is 5.91 Å². The number of alkyl carbamates (subject to hydrolysis) is 1. The lowest BCUT2D eigenvalue weighted by Gasteiger charge is -2.20. The molecule has 10 heteroatoms. The monoisotopic (exact) mass is 409 g/mol. The highest BCUT2D eigenvalue weighted by Gasteiger charge is 2.24. The van der Waals surface area contributed by atoms with Crippen molar-refractivity contribution in [3.63, 3.8) is 0 Å². The lowest BCUT2D eigenvalue weighted by Crippen LogP contribution is -2.51. The van der Waals surface area contributed by atoms with Crippen LogP contribution < -0.4 is 22.1 Å². The fourth-order valence-corrected chi connectivity index (χ4v) is 2.48. The Bertz CT molecular complexity index is 680. The van der Waals surface area contributed by atoms with Crippen molar-refractivity contribution in [3.05, 3.63) is 35.9 Å². The van der Waals surface area contributed by atoms with Gasteiger partial charge in [-0.1, -0.05) is 30.3 Å². The third-order valence-electron chi connectivity index (χ3n) is 3.76. The molecule has 1 unspecified atom stereocenters. The number of rotatable bonds is 11. The van der Waals surface area contributed by atoms with Crippen LogP contribution in [0.2, 0.25) is 0 Å². The van der Waals surface area contributed by atoms with Crippen molar-refractivity contribution in [2.75, 3.05) is 12.3 Å². The smallest absolute Gasteiger partial charge is 0.408 e. The van der Waals surface area contributed by atoms with Crippen LogP contribution in [0.15, 0.2) is 35.3 Å². The first kappa shape index (κ1) is 23.3. The van der Waals surface area contributed by atoms with Crippen molar-refractivity contribution in [2.45, 2.75) is 38.5 Å². The summed E-state index contributed by atoms with van der Waals surface area (Å²) in [5.74, 6) is -0.779. The van der Waals surface area contributed by atoms with E-state index in [9.17, 15) is 14.4 Å². The van der Waals surface area contributed by atoms with Gasteiger partial charge in [0.05, 0.1) is 11.8 Å². The molecule has 2 atom stereocenters. The van der Waals surface area contributed by atoms with Crippen LogP contribution in [0, 0.1) is 0 Å². The quantitative estimate of drug-likeness (QED) is 0.154. The Morgan fingerprint density at radius 1 is 1.18 bits per heavy atom. The van der Waals surface area contributed by atoms with Gasteiger partial charge in [-0.3, -0.25) is 14.6 Å². The first-order valence-electron chi connectivity index (χ1n) is 8.80. The van der Waals surface area contributed by atoms with Crippen molar-refractivity contribution in [1.29, 1.82) is 0 Å². The predicted molar refractivity (Wildman–Crippen MR) is 110 cm³/mol. The number of benzene rings is 1. The number of Topliss-reactive ketones (excluding diaryl/α,β-unsaturated/α-hetero) is 1. The van der Waals surface area contributed by atoms with Gasteiger partial charge in [-0.05, 0) is 25.3 Å². The van der Waals surface area contributed by atoms with Gasteiger partial charge in [-0.15, -0.1) is 0 Å². The number of aliphatic imine (C=N–C) groups is 1. The fraction of sp³-hybridized carbons (Fsp3) is 0.444. The second-order valence-corrected chi connectivity index (χ2v) is 6.38. The molecule has 154 valence electrons. The molecular formula is C18H27N5O4S. The lowest BCUT2D eigenvalue weighted by molar-refractivity contribution is -0.127. The Labute approximate surface area is 169 Å². The summed E-state index contributed by atoms with van der Waals surface area (Å²) in [5.41, 5.74) is 11.4. The molecule has 0 fully saturated rings. The Kier molecular flexibility index (Phi) is 10.5. The molecule has 0 heterocycles. The SMILES string of the molecule is CC(NC(=O)[C@H](CCCN=C(N)N)NC(=O)OCc1ccccc1)C(=O)CS. The minimum Gasteiger partial charge on any atom is -0.445 e. The van der Waals surface area contributed by atoms with Gasteiger partial charge >= 0.3 is 6.09 Å². The van der Waals surface area contributed by atoms with Crippen LogP contribution in [0.3, 0.4) is 0 Å². The Morgan fingerprint density at radius 2 is 1.86 bits per heavy atom. The molecule has 0 radical (unpaired) electrons. The Balaban J connectivity index is 2.64. The zero-order valence-electron chi connectivity index (χ0n) is 15.8. The first-order valence-corrected chi connectivity index (χ1v) is 9.43. The molecule has 1 rings (SSSR count). The van der Waals surface area contributed by atoms with Crippen LogP contribution in [0.25, 0.3) is 0 Å². The number of ether oxygens (including phenoxy) is 1. The topological polar surface area (TPSA) is 149 Å². The average Bonchev–Trinajstić information content (AvgIpc) is 2.68. The molecule has 0 saturated carbocycles. The highest BCUT2D eigenvalue weighted by atomic mass is 32.1. The minimum absolute atomic E-state index is 0.00313. The second-order valence-electron chi connectivity index (χ2n) is 6.06. The molecule has 28 heavy (non-hydrogen) atoms. The largest absolute Gasteiger partial charge is 0.445 e. The number of amides is 2. The minimum atomic E-state index is -0.896. The highest BCUT2D eigenvalue weighted by Crippen LogP contribution is 2.04. The van der Waals surface area contributed by atoms with Crippen LogP contribution in [0.5, 0.6) is 0 Å². The van der Waals surface area contributed by atoms with E-state index in [4.69, 9.17) is 16.2 Å². The van der Waals surface area contributed by atoms with Gasteiger partial charge in [0, 0.05) is 6.54 Å². The summed E-state index contributed by atoms with van der Waals surface area (Å²) >= 11 is 3.91. The number of nitrogens with zero attached hydrogens (tertiary/aromatic N) is 1. The van der Waals surface area contributed by atoms with Crippen molar-refractivity contribution in [3.8, 4) is 0 Å². The van der Waals surface area contributed by atoms with Crippen molar-refractivity contribution in [2.24, 2.45) is 16.5 Å². The maximum Gasteiger partial charge on any atom is 0.408 e. The van der Waals surface area contributed by atoms with Gasteiger partial charge < -0.3 is 26.8 Å². The molecule has 0 saturated heterocycles. The molecule has 1 aromatic rings. The van der Waals surface area contributed by atoms with Crippen LogP contribution in [-0.2, 0) is 20.9 Å². The maximum atomic E-state index is 12.5. The lowest BCUT2D eigenvalue weighted by atomic mass is 10.1. The summed E-state index contributed by atoms with van der Waals surface area (Å²) in [7, 11) is 0. The zero-order valence-corrected chi connectivity index (χ0v) is 16.7. The number of thiol groups is 1. The number of hydrogen-bond acceptors (Lipinski definition) is 6. The molecule has 0 aliphatic heterocycles. The first-order chi connectivity index (χ1) is 13.3. The summed E-state index contributed by atoms with van der Waals surface area (Å²) in [4.78, 5) is 40.0. The molecule has 0 aromatic heterocycles. The summed E-state index contributed by atoms with van der Waals surface area (Å²) < 4.78 is 5.15. The molecular weight excluding hydrogens is 382 g/mol. The Morgan fingerprint density at radius 3 is 2.46 bits per heavy atom. The van der Waals surface area contributed by atoms with E-state index in [0.29, 0.717) is 13.0 Å². The number of carbonyl (C=O) groups is 3. The predicted octanol–water partition coefficient (Wildman–Crippen LogP) is 0.339. The fourth-order valence-electron chi connectivity index (χ4n) is 2.21. The van der Waals surface area contributed by atoms with E-state index in [1.165, 1.54) is 0 Å². The van der Waals surface area contributed by atoms with Gasteiger partial charge in [0.1, 0.15) is 12.6 Å². The number of nitrogens with two attached hydrogens (primary N) is 2. The normalized spacial score (nSPS) is 12.4. The number of guanidine groups is 1. The van der Waals surface area contributed by atoms with Crippen molar-refractivity contribution < 1.29 is 19.1 Å². The van der Waals surface area contributed by atoms with Gasteiger partial charge in [-0.2, -0.15) is 12.6 Å². The molecule has 0 bridgehead atoms. The van der Waals surface area contributed by atoms with E-state index < -0.39 is 24.1 Å². The number of hydrogen-bond donors (Lipinski definition) is 5. The van der Waals surface area contributed by atoms with Crippen LogP contribution in [0.1, 0.15) is 25.3 Å². The van der Waals surface area contributed by atoms with Crippen LogP contribution in [0.4, 0.5) is 4.79 Å². The van der Waals surface area contributed by atoms with Gasteiger partial charge in [0.15, 0.2) is 11.7 Å². The standard InChI is InChI=1S/C18H27N5O4S/c1-12(15(24)11-28)22-16(25)14(8-5-9-21-17(19)20)23-18(26)27-10-13-6-3-2-4-7-13/h2-4,6-7,12,14,28H,5,8-11H2,1H3,(H,22,25)(H,23,26)(H4,19,20,21)/t12?,14-/m0/s1. The Hall–Kier alpha value is -2.75. The van der Waals surface area contributed by atoms with Gasteiger partial charge in [0.25, 0.3) is 0 Å². The van der Waals surface area contributed by atoms with E-state index >= 15 is 0 Å². The molecule has 0 spiro atoms. The van der Waals surface area contributed by atoms with Crippen molar-refractivity contribution in [1.82, 2.24) is 10.6 Å². The van der Waals surface area contributed by atoms with E-state index in [1.807, 2.05) is 30.3 Å². The van der Waals surface area contributed by atoms with Crippen LogP contribution >= 0.6 is 12.6 Å². The zero-order chi connectivity index (χ0) is 20.9. The van der Waals surface area contributed by atoms with E-state index in [-0.39, 0.29) is 30.5 Å². The summed E-state index contributed by atoms with van der Waals surface area (Å²) in [6.07, 6.45) is -0.0201. The summed E-state index contributed by atoms with van der Waals surface area (Å²) in [5, 5.41) is 5.09. The summed E-state index contributed by atoms with van der Waals surface area (Å²) in [6, 6.07) is 7.54. The molecule has 6 N–H and O–H groups in total. The molecule has 1 aromatic carbocycles. The van der Waals surface area contributed by atoms with E-state index in [0.717, 1.165) is 5.56 Å². The van der Waals surface area contributed by atoms with E-state index in [2.05, 4.69) is 28.3 Å². The molecule has 0 aliphatic rings. The number of nitrogens with one attached hydrogen (secondary N) is 2. The number of ketones is 1. The summed E-state index contributed by atoms with van der Waals surface area (Å²) in [6.45, 7) is 1.93. The molecule has 9 nitrogen and oxygen atoms in total. The average molecular weight is 410 g/mol. The second kappa shape index (κ2) is 12.6. The van der Waals surface area contributed by atoms with Gasteiger partial charge in [-0.25, -0.2) is 4.79 Å². The molecule has 0 aliphatic carbocycles. The molecule has 2 amide bonds. The van der Waals surface area contributed by atoms with Crippen LogP contribution in [-0.4, -0.2) is 48.1 Å². The number of carbonyl (C=O) groups excluding carboxylic acids is 3. The third-order valence-corrected chi connectivity index (χ3v) is 4.08. The van der Waals surface area contributed by atoms with E-state index in [1.54, 1.807) is 6.92 Å². The third kappa shape index (κ3) is 9.26.